The molecule has 1 aromatic rings. The van der Waals surface area contributed by atoms with E-state index in [0.29, 0.717) is 22.6 Å². The molecule has 4 fully saturated rings. The van der Waals surface area contributed by atoms with Gasteiger partial charge in [-0.05, 0) is 73.8 Å². The normalized spacial score (nSPS) is 28.8. The molecule has 4 aliphatic carbocycles. The van der Waals surface area contributed by atoms with E-state index >= 15 is 0 Å². The van der Waals surface area contributed by atoms with Crippen LogP contribution in [0.3, 0.4) is 0 Å². The number of halogens is 2. The highest BCUT2D eigenvalue weighted by atomic mass is 35.5. The molecule has 1 aromatic carbocycles. The first-order valence-electron chi connectivity index (χ1n) is 11.1. The van der Waals surface area contributed by atoms with Crippen LogP contribution >= 0.6 is 24.0 Å². The van der Waals surface area contributed by atoms with Gasteiger partial charge in [0, 0.05) is 39.0 Å². The average Bonchev–Trinajstić information content (AvgIpc) is 2.68. The van der Waals surface area contributed by atoms with Crippen LogP contribution in [0.25, 0.3) is 0 Å². The van der Waals surface area contributed by atoms with Crippen LogP contribution in [0.5, 0.6) is 0 Å². The van der Waals surface area contributed by atoms with Crippen molar-refractivity contribution in [2.45, 2.75) is 38.5 Å². The SMILES string of the molecule is COCCNCCNc1cccc(Cl)c1C(=O)NCC12CC3CC(CC(C3)C1)C2.Cl. The topological polar surface area (TPSA) is 62.4 Å². The third-order valence-electron chi connectivity index (χ3n) is 7.13. The molecule has 0 radical (unpaired) electrons. The summed E-state index contributed by atoms with van der Waals surface area (Å²) in [7, 11) is 1.69. The molecule has 0 heterocycles. The molecule has 5 nitrogen and oxygen atoms in total. The third-order valence-corrected chi connectivity index (χ3v) is 7.44. The van der Waals surface area contributed by atoms with Crippen LogP contribution < -0.4 is 16.0 Å². The number of rotatable bonds is 10. The zero-order valence-electron chi connectivity index (χ0n) is 17.8. The monoisotopic (exact) mass is 455 g/mol. The Balaban J connectivity index is 0.00000256. The molecule has 0 aliphatic heterocycles. The fourth-order valence-corrected chi connectivity index (χ4v) is 6.61. The lowest BCUT2D eigenvalue weighted by atomic mass is 9.49. The van der Waals surface area contributed by atoms with Crippen LogP contribution in [-0.4, -0.2) is 45.8 Å². The van der Waals surface area contributed by atoms with Crippen molar-refractivity contribution in [2.24, 2.45) is 23.2 Å². The van der Waals surface area contributed by atoms with Crippen LogP contribution in [-0.2, 0) is 4.74 Å². The van der Waals surface area contributed by atoms with Crippen molar-refractivity contribution in [3.8, 4) is 0 Å². The lowest BCUT2D eigenvalue weighted by molar-refractivity contribution is -0.0503. The number of anilines is 1. The maximum Gasteiger partial charge on any atom is 0.254 e. The molecule has 30 heavy (non-hydrogen) atoms. The summed E-state index contributed by atoms with van der Waals surface area (Å²) in [5.41, 5.74) is 1.69. The van der Waals surface area contributed by atoms with E-state index in [4.69, 9.17) is 16.3 Å². The van der Waals surface area contributed by atoms with Crippen molar-refractivity contribution < 1.29 is 9.53 Å². The molecule has 5 rings (SSSR count). The quantitative estimate of drug-likeness (QED) is 0.458. The van der Waals surface area contributed by atoms with Crippen molar-refractivity contribution in [3.63, 3.8) is 0 Å². The maximum absolute atomic E-state index is 13.1. The summed E-state index contributed by atoms with van der Waals surface area (Å²) in [6.45, 7) is 3.81. The Labute approximate surface area is 191 Å². The first-order valence-corrected chi connectivity index (χ1v) is 11.5. The maximum atomic E-state index is 13.1. The summed E-state index contributed by atoms with van der Waals surface area (Å²) < 4.78 is 5.03. The van der Waals surface area contributed by atoms with Crippen LogP contribution in [0.15, 0.2) is 18.2 Å². The van der Waals surface area contributed by atoms with Crippen LogP contribution in [0.4, 0.5) is 5.69 Å². The summed E-state index contributed by atoms with van der Waals surface area (Å²) in [6.07, 6.45) is 8.14. The molecular formula is C23H35Cl2N3O2. The second-order valence-electron chi connectivity index (χ2n) is 9.43. The Morgan fingerprint density at radius 1 is 1.10 bits per heavy atom. The highest BCUT2D eigenvalue weighted by Crippen LogP contribution is 2.59. The number of benzene rings is 1. The van der Waals surface area contributed by atoms with Crippen molar-refractivity contribution in [3.05, 3.63) is 28.8 Å². The molecule has 168 valence electrons. The van der Waals surface area contributed by atoms with Crippen LogP contribution in [0.1, 0.15) is 48.9 Å². The van der Waals surface area contributed by atoms with Gasteiger partial charge in [-0.1, -0.05) is 17.7 Å². The standard InChI is InChI=1S/C23H34ClN3O2.ClH/c1-29-8-7-25-5-6-26-20-4-2-3-19(24)21(20)22(28)27-15-23-12-16-9-17(13-23)11-18(10-16)14-23;/h2-4,16-18,25-26H,5-15H2,1H3,(H,27,28);1H. The number of amides is 1. The van der Waals surface area contributed by atoms with Gasteiger partial charge >= 0.3 is 0 Å². The van der Waals surface area contributed by atoms with Gasteiger partial charge in [0.05, 0.1) is 17.2 Å². The molecule has 4 saturated carbocycles. The van der Waals surface area contributed by atoms with Gasteiger partial charge in [0.2, 0.25) is 0 Å². The summed E-state index contributed by atoms with van der Waals surface area (Å²) in [5, 5.41) is 10.4. The van der Waals surface area contributed by atoms with E-state index in [1.54, 1.807) is 13.2 Å². The number of nitrogens with one attached hydrogen (secondary N) is 3. The third kappa shape index (κ3) is 5.42. The minimum absolute atomic E-state index is 0. The number of hydrogen-bond donors (Lipinski definition) is 3. The minimum Gasteiger partial charge on any atom is -0.383 e. The Morgan fingerprint density at radius 2 is 1.77 bits per heavy atom. The van der Waals surface area contributed by atoms with E-state index in [0.717, 1.165) is 49.6 Å². The lowest BCUT2D eigenvalue weighted by Gasteiger charge is -2.56. The van der Waals surface area contributed by atoms with Gasteiger partial charge < -0.3 is 20.7 Å². The molecular weight excluding hydrogens is 421 g/mol. The smallest absolute Gasteiger partial charge is 0.254 e. The van der Waals surface area contributed by atoms with Crippen molar-refractivity contribution in [1.82, 2.24) is 10.6 Å². The zero-order chi connectivity index (χ0) is 20.3. The molecule has 3 N–H and O–H groups in total. The Morgan fingerprint density at radius 3 is 2.40 bits per heavy atom. The second kappa shape index (κ2) is 10.5. The first kappa shape index (κ1) is 23.6. The van der Waals surface area contributed by atoms with Gasteiger partial charge in [0.15, 0.2) is 0 Å². The van der Waals surface area contributed by atoms with Gasteiger partial charge in [-0.2, -0.15) is 0 Å². The van der Waals surface area contributed by atoms with Gasteiger partial charge in [0.25, 0.3) is 5.91 Å². The molecule has 0 spiro atoms. The molecule has 0 unspecified atom stereocenters. The summed E-state index contributed by atoms with van der Waals surface area (Å²) in [4.78, 5) is 13.1. The molecule has 4 bridgehead atoms. The van der Waals surface area contributed by atoms with E-state index in [-0.39, 0.29) is 18.3 Å². The predicted molar refractivity (Wildman–Crippen MR) is 125 cm³/mol. The number of methoxy groups -OCH3 is 1. The molecule has 4 aliphatic rings. The van der Waals surface area contributed by atoms with Crippen molar-refractivity contribution in [1.29, 1.82) is 0 Å². The van der Waals surface area contributed by atoms with E-state index in [9.17, 15) is 4.79 Å². The fourth-order valence-electron chi connectivity index (χ4n) is 6.35. The Kier molecular flexibility index (Phi) is 8.31. The molecule has 0 saturated heterocycles. The lowest BCUT2D eigenvalue weighted by Crippen LogP contribution is -2.51. The molecule has 0 atom stereocenters. The van der Waals surface area contributed by atoms with Crippen molar-refractivity contribution in [2.75, 3.05) is 45.2 Å². The number of carbonyl (C=O) groups is 1. The number of carbonyl (C=O) groups excluding carboxylic acids is 1. The second-order valence-corrected chi connectivity index (χ2v) is 9.84. The van der Waals surface area contributed by atoms with E-state index in [1.165, 1.54) is 38.5 Å². The van der Waals surface area contributed by atoms with Crippen LogP contribution in [0.2, 0.25) is 5.02 Å². The van der Waals surface area contributed by atoms with Gasteiger partial charge in [0.1, 0.15) is 0 Å². The van der Waals surface area contributed by atoms with E-state index in [2.05, 4.69) is 16.0 Å². The highest BCUT2D eigenvalue weighted by molar-refractivity contribution is 6.34. The van der Waals surface area contributed by atoms with Gasteiger partial charge in [-0.3, -0.25) is 4.79 Å². The van der Waals surface area contributed by atoms with Gasteiger partial charge in [-0.15, -0.1) is 12.4 Å². The fraction of sp³-hybridized carbons (Fsp3) is 0.696. The first-order chi connectivity index (χ1) is 14.1. The molecule has 0 aromatic heterocycles. The largest absolute Gasteiger partial charge is 0.383 e. The summed E-state index contributed by atoms with van der Waals surface area (Å²) in [6, 6.07) is 5.61. The Bertz CT molecular complexity index is 693. The van der Waals surface area contributed by atoms with Gasteiger partial charge in [-0.25, -0.2) is 0 Å². The highest BCUT2D eigenvalue weighted by Gasteiger charge is 2.50. The molecule has 7 heteroatoms. The summed E-state index contributed by atoms with van der Waals surface area (Å²) in [5.74, 6) is 2.62. The number of ether oxygens (including phenoxy) is 1. The molecule has 1 amide bonds. The minimum atomic E-state index is -0.0545. The van der Waals surface area contributed by atoms with Crippen LogP contribution in [0, 0.1) is 23.2 Å². The zero-order valence-corrected chi connectivity index (χ0v) is 19.4. The van der Waals surface area contributed by atoms with Crippen molar-refractivity contribution >= 4 is 35.6 Å². The van der Waals surface area contributed by atoms with E-state index in [1.807, 2.05) is 12.1 Å². The number of hydrogen-bond acceptors (Lipinski definition) is 4. The summed E-state index contributed by atoms with van der Waals surface area (Å²) >= 11 is 6.43. The predicted octanol–water partition coefficient (Wildman–Crippen LogP) is 4.36. The Hall–Kier alpha value is -1.01. The van der Waals surface area contributed by atoms with E-state index < -0.39 is 0 Å². The average molecular weight is 456 g/mol.